The second kappa shape index (κ2) is 12.9. The lowest BCUT2D eigenvalue weighted by Gasteiger charge is -2.51. The van der Waals surface area contributed by atoms with E-state index in [-0.39, 0.29) is 11.4 Å². The summed E-state index contributed by atoms with van der Waals surface area (Å²) < 4.78 is 0. The number of nitrogens with zero attached hydrogens (tertiary/aromatic N) is 4. The average Bonchev–Trinajstić information content (AvgIpc) is 2.88. The Hall–Kier alpha value is -2.24. The zero-order chi connectivity index (χ0) is 23.5. The highest BCUT2D eigenvalue weighted by Crippen LogP contribution is 2.36. The number of anilines is 1. The molecule has 1 aliphatic carbocycles. The largest absolute Gasteiger partial charge is 0.300 e. The minimum Gasteiger partial charge on any atom is -0.300 e. The van der Waals surface area contributed by atoms with E-state index < -0.39 is 0 Å². The van der Waals surface area contributed by atoms with E-state index in [0.29, 0.717) is 6.42 Å². The lowest BCUT2D eigenvalue weighted by Crippen LogP contribution is -2.62. The molecule has 2 heterocycles. The van der Waals surface area contributed by atoms with E-state index in [1.54, 1.807) is 6.20 Å². The van der Waals surface area contributed by atoms with Crippen LogP contribution in [0.4, 0.5) is 5.82 Å². The Kier molecular flexibility index (Phi) is 9.89. The lowest BCUT2D eigenvalue weighted by molar-refractivity contribution is -0.119. The summed E-state index contributed by atoms with van der Waals surface area (Å²) in [5.41, 5.74) is 1.43. The Labute approximate surface area is 200 Å². The predicted molar refractivity (Wildman–Crippen MR) is 138 cm³/mol. The number of rotatable bonds is 10. The highest BCUT2D eigenvalue weighted by molar-refractivity contribution is 5.92. The first-order valence-electron chi connectivity index (χ1n) is 12.7. The standard InChI is InChI=1S/C28H42N4O/c1-4-7-13-25(5-2)15-19-30-20-22-31(23-21-30)28(16-10-8-11-17-28)24-32(27(33)6-3)26-14-9-12-18-29-26/h4-5,7,9,12-14,18H,1,6,8,10-11,15-17,19-24H2,2-3H3/b13-7-,25-5+. The van der Waals surface area contributed by atoms with E-state index in [4.69, 9.17) is 0 Å². The molecule has 2 fully saturated rings. The molecule has 2 aliphatic rings. The molecule has 5 nitrogen and oxygen atoms in total. The summed E-state index contributed by atoms with van der Waals surface area (Å²) >= 11 is 0. The van der Waals surface area contributed by atoms with Gasteiger partial charge in [0.25, 0.3) is 0 Å². The van der Waals surface area contributed by atoms with Gasteiger partial charge in [0.05, 0.1) is 0 Å². The third kappa shape index (κ3) is 6.87. The van der Waals surface area contributed by atoms with Gasteiger partial charge in [0.15, 0.2) is 0 Å². The maximum Gasteiger partial charge on any atom is 0.227 e. The van der Waals surface area contributed by atoms with Crippen molar-refractivity contribution >= 4 is 11.7 Å². The van der Waals surface area contributed by atoms with Crippen LogP contribution in [0.2, 0.25) is 0 Å². The molecule has 0 spiro atoms. The predicted octanol–water partition coefficient (Wildman–Crippen LogP) is 5.22. The Bertz CT molecular complexity index is 802. The zero-order valence-electron chi connectivity index (χ0n) is 20.7. The number of allylic oxidation sites excluding steroid dienone is 4. The Morgan fingerprint density at radius 1 is 1.18 bits per heavy atom. The van der Waals surface area contributed by atoms with E-state index in [0.717, 1.165) is 51.5 Å². The molecule has 3 rings (SSSR count). The van der Waals surface area contributed by atoms with Crippen LogP contribution in [0.1, 0.15) is 58.8 Å². The van der Waals surface area contributed by atoms with Gasteiger partial charge in [0.2, 0.25) is 5.91 Å². The van der Waals surface area contributed by atoms with Crippen molar-refractivity contribution in [2.24, 2.45) is 0 Å². The fourth-order valence-electron chi connectivity index (χ4n) is 5.33. The van der Waals surface area contributed by atoms with Crippen LogP contribution in [0.3, 0.4) is 0 Å². The van der Waals surface area contributed by atoms with Crippen LogP contribution in [-0.2, 0) is 4.79 Å². The molecule has 0 bridgehead atoms. The van der Waals surface area contributed by atoms with E-state index in [2.05, 4.69) is 40.4 Å². The fraction of sp³-hybridized carbons (Fsp3) is 0.571. The highest BCUT2D eigenvalue weighted by Gasteiger charge is 2.41. The molecule has 0 aromatic carbocycles. The van der Waals surface area contributed by atoms with Crippen LogP contribution in [-0.4, -0.2) is 65.5 Å². The Morgan fingerprint density at radius 2 is 1.94 bits per heavy atom. The second-order valence-corrected chi connectivity index (χ2v) is 9.34. The van der Waals surface area contributed by atoms with Crippen molar-refractivity contribution in [3.05, 3.63) is 60.9 Å². The molecular formula is C28H42N4O. The van der Waals surface area contributed by atoms with Gasteiger partial charge in [0, 0.05) is 57.4 Å². The minimum absolute atomic E-state index is 0.0634. The number of carbonyl (C=O) groups excluding carboxylic acids is 1. The Balaban J connectivity index is 1.67. The summed E-state index contributed by atoms with van der Waals surface area (Å²) in [5, 5.41) is 0. The van der Waals surface area contributed by atoms with Gasteiger partial charge in [-0.1, -0.05) is 68.7 Å². The van der Waals surface area contributed by atoms with Gasteiger partial charge < -0.3 is 4.90 Å². The van der Waals surface area contributed by atoms with Crippen LogP contribution in [0.25, 0.3) is 0 Å². The summed E-state index contributed by atoms with van der Waals surface area (Å²) in [6.07, 6.45) is 17.7. The molecule has 1 saturated heterocycles. The van der Waals surface area contributed by atoms with Crippen molar-refractivity contribution in [3.8, 4) is 0 Å². The van der Waals surface area contributed by atoms with Crippen LogP contribution < -0.4 is 4.90 Å². The smallest absolute Gasteiger partial charge is 0.227 e. The topological polar surface area (TPSA) is 39.7 Å². The van der Waals surface area contributed by atoms with E-state index in [9.17, 15) is 4.79 Å². The summed E-state index contributed by atoms with van der Waals surface area (Å²) in [6, 6.07) is 5.87. The number of hydrogen-bond donors (Lipinski definition) is 0. The van der Waals surface area contributed by atoms with Crippen LogP contribution in [0.15, 0.2) is 60.9 Å². The van der Waals surface area contributed by atoms with Gasteiger partial charge in [-0.3, -0.25) is 14.6 Å². The molecule has 0 atom stereocenters. The molecule has 1 aliphatic heterocycles. The van der Waals surface area contributed by atoms with Crippen LogP contribution >= 0.6 is 0 Å². The Morgan fingerprint density at radius 3 is 2.55 bits per heavy atom. The summed E-state index contributed by atoms with van der Waals surface area (Å²) in [4.78, 5) is 24.7. The summed E-state index contributed by atoms with van der Waals surface area (Å²) in [6.45, 7) is 14.0. The van der Waals surface area contributed by atoms with Crippen molar-refractivity contribution in [1.82, 2.24) is 14.8 Å². The normalized spacial score (nSPS) is 20.1. The first-order valence-corrected chi connectivity index (χ1v) is 12.7. The van der Waals surface area contributed by atoms with E-state index in [1.165, 1.54) is 37.7 Å². The molecule has 33 heavy (non-hydrogen) atoms. The van der Waals surface area contributed by atoms with Gasteiger partial charge in [-0.25, -0.2) is 4.98 Å². The third-order valence-electron chi connectivity index (χ3n) is 7.34. The van der Waals surface area contributed by atoms with Crippen molar-refractivity contribution in [1.29, 1.82) is 0 Å². The SMILES string of the molecule is C=C/C=C\C(=C/C)CCN1CCN(C2(CN(C(=O)CC)c3ccccn3)CCCCC2)CC1. The monoisotopic (exact) mass is 450 g/mol. The van der Waals surface area contributed by atoms with Crippen molar-refractivity contribution < 1.29 is 4.79 Å². The number of aromatic nitrogens is 1. The molecule has 5 heteroatoms. The molecular weight excluding hydrogens is 408 g/mol. The van der Waals surface area contributed by atoms with Crippen LogP contribution in [0.5, 0.6) is 0 Å². The zero-order valence-corrected chi connectivity index (χ0v) is 20.7. The average molecular weight is 451 g/mol. The summed E-state index contributed by atoms with van der Waals surface area (Å²) in [5.74, 6) is 0.961. The molecule has 0 radical (unpaired) electrons. The minimum atomic E-state index is 0.0634. The highest BCUT2D eigenvalue weighted by atomic mass is 16.2. The second-order valence-electron chi connectivity index (χ2n) is 9.34. The van der Waals surface area contributed by atoms with Crippen LogP contribution in [0, 0.1) is 0 Å². The fourth-order valence-corrected chi connectivity index (χ4v) is 5.33. The molecule has 0 unspecified atom stereocenters. The maximum atomic E-state index is 13.0. The van der Waals surface area contributed by atoms with Gasteiger partial charge in [-0.2, -0.15) is 0 Å². The van der Waals surface area contributed by atoms with Crippen molar-refractivity contribution in [3.63, 3.8) is 0 Å². The molecule has 1 saturated carbocycles. The van der Waals surface area contributed by atoms with Gasteiger partial charge in [0.1, 0.15) is 5.82 Å². The number of pyridine rings is 1. The first kappa shape index (κ1) is 25.4. The van der Waals surface area contributed by atoms with Crippen molar-refractivity contribution in [2.45, 2.75) is 64.3 Å². The number of piperazine rings is 1. The molecule has 0 N–H and O–H groups in total. The maximum absolute atomic E-state index is 13.0. The summed E-state index contributed by atoms with van der Waals surface area (Å²) in [7, 11) is 0. The van der Waals surface area contributed by atoms with E-state index in [1.807, 2.05) is 42.2 Å². The third-order valence-corrected chi connectivity index (χ3v) is 7.34. The molecule has 1 aromatic heterocycles. The first-order chi connectivity index (χ1) is 16.1. The number of carbonyl (C=O) groups is 1. The molecule has 180 valence electrons. The molecule has 1 aromatic rings. The number of hydrogen-bond acceptors (Lipinski definition) is 4. The van der Waals surface area contributed by atoms with Gasteiger partial charge in [-0.15, -0.1) is 0 Å². The number of amides is 1. The van der Waals surface area contributed by atoms with Gasteiger partial charge in [-0.05, 0) is 38.3 Å². The van der Waals surface area contributed by atoms with E-state index >= 15 is 0 Å². The molecule has 1 amide bonds. The van der Waals surface area contributed by atoms with Crippen molar-refractivity contribution in [2.75, 3.05) is 44.2 Å². The van der Waals surface area contributed by atoms with Gasteiger partial charge >= 0.3 is 0 Å². The lowest BCUT2D eigenvalue weighted by atomic mass is 9.79. The quantitative estimate of drug-likeness (QED) is 0.458.